The number of rotatable bonds is 5. The molecule has 1 aromatic carbocycles. The summed E-state index contributed by atoms with van der Waals surface area (Å²) in [4.78, 5) is 10.5. The molecule has 1 aromatic rings. The first-order chi connectivity index (χ1) is 8.76. The predicted octanol–water partition coefficient (Wildman–Crippen LogP) is -0.317. The molecule has 1 unspecified atom stereocenters. The molecule has 1 amide bonds. The topological polar surface area (TPSA) is 139 Å². The standard InChI is InChI=1S/C11H14N4O3S/c1-7(4-11(14)16)15-19(17,18)10-3-2-9(13)5-8(10)6-12/h2-3,5,7,15H,4,13H2,1H3,(H2,14,16). The number of carbonyl (C=O) groups excluding carboxylic acids is 1. The summed E-state index contributed by atoms with van der Waals surface area (Å²) in [6.45, 7) is 1.51. The van der Waals surface area contributed by atoms with E-state index >= 15 is 0 Å². The van der Waals surface area contributed by atoms with Gasteiger partial charge in [-0.1, -0.05) is 0 Å². The first kappa shape index (κ1) is 14.9. The Morgan fingerprint density at radius 2 is 2.16 bits per heavy atom. The third kappa shape index (κ3) is 3.94. The van der Waals surface area contributed by atoms with Gasteiger partial charge in [0.15, 0.2) is 0 Å². The minimum atomic E-state index is -3.90. The van der Waals surface area contributed by atoms with E-state index in [2.05, 4.69) is 4.72 Å². The molecule has 0 aliphatic rings. The predicted molar refractivity (Wildman–Crippen MR) is 69.2 cm³/mol. The molecule has 8 heteroatoms. The van der Waals surface area contributed by atoms with Crippen LogP contribution in [-0.2, 0) is 14.8 Å². The van der Waals surface area contributed by atoms with Crippen molar-refractivity contribution in [3.8, 4) is 6.07 Å². The van der Waals surface area contributed by atoms with Gasteiger partial charge in [0, 0.05) is 18.2 Å². The molecule has 0 heterocycles. The van der Waals surface area contributed by atoms with Crippen LogP contribution in [0.3, 0.4) is 0 Å². The third-order valence-electron chi connectivity index (χ3n) is 2.28. The second-order valence-corrected chi connectivity index (χ2v) is 5.74. The number of hydrogen-bond donors (Lipinski definition) is 3. The van der Waals surface area contributed by atoms with Gasteiger partial charge in [-0.2, -0.15) is 5.26 Å². The number of nitrogens with two attached hydrogens (primary N) is 2. The van der Waals surface area contributed by atoms with Gasteiger partial charge < -0.3 is 11.5 Å². The number of sulfonamides is 1. The Morgan fingerprint density at radius 3 is 2.68 bits per heavy atom. The first-order valence-electron chi connectivity index (χ1n) is 5.36. The van der Waals surface area contributed by atoms with Crippen LogP contribution in [0.4, 0.5) is 5.69 Å². The van der Waals surface area contributed by atoms with Gasteiger partial charge in [0.1, 0.15) is 6.07 Å². The molecule has 19 heavy (non-hydrogen) atoms. The smallest absolute Gasteiger partial charge is 0.242 e. The molecule has 0 bridgehead atoms. The maximum atomic E-state index is 12.1. The van der Waals surface area contributed by atoms with Crippen LogP contribution >= 0.6 is 0 Å². The molecular formula is C11H14N4O3S. The molecule has 0 aliphatic heterocycles. The quantitative estimate of drug-likeness (QED) is 0.635. The number of primary amides is 1. The zero-order valence-corrected chi connectivity index (χ0v) is 11.1. The molecule has 0 spiro atoms. The van der Waals surface area contributed by atoms with Gasteiger partial charge in [0.2, 0.25) is 15.9 Å². The van der Waals surface area contributed by atoms with Gasteiger partial charge in [-0.3, -0.25) is 4.79 Å². The Labute approximate surface area is 111 Å². The van der Waals surface area contributed by atoms with E-state index in [4.69, 9.17) is 16.7 Å². The summed E-state index contributed by atoms with van der Waals surface area (Å²) < 4.78 is 26.4. The summed E-state index contributed by atoms with van der Waals surface area (Å²) in [7, 11) is -3.90. The van der Waals surface area contributed by atoms with E-state index in [-0.39, 0.29) is 16.9 Å². The number of nitrogen functional groups attached to an aromatic ring is 1. The Kier molecular flexibility index (Phi) is 4.47. The van der Waals surface area contributed by atoms with Gasteiger partial charge in [-0.15, -0.1) is 0 Å². The molecule has 0 aromatic heterocycles. The van der Waals surface area contributed by atoms with Crippen LogP contribution in [0.25, 0.3) is 0 Å². The summed E-state index contributed by atoms with van der Waals surface area (Å²) in [5, 5.41) is 8.91. The average molecular weight is 282 g/mol. The Hall–Kier alpha value is -2.11. The molecule has 1 atom stereocenters. The summed E-state index contributed by atoms with van der Waals surface area (Å²) in [6, 6.07) is 5.00. The highest BCUT2D eigenvalue weighted by Crippen LogP contribution is 2.18. The molecular weight excluding hydrogens is 268 g/mol. The molecule has 0 saturated carbocycles. The molecule has 0 saturated heterocycles. The Morgan fingerprint density at radius 1 is 1.53 bits per heavy atom. The molecule has 0 fully saturated rings. The maximum Gasteiger partial charge on any atom is 0.242 e. The fourth-order valence-electron chi connectivity index (χ4n) is 1.54. The van der Waals surface area contributed by atoms with Gasteiger partial charge in [-0.25, -0.2) is 13.1 Å². The number of carbonyl (C=O) groups is 1. The largest absolute Gasteiger partial charge is 0.399 e. The number of hydrogen-bond acceptors (Lipinski definition) is 5. The van der Waals surface area contributed by atoms with E-state index in [1.807, 2.05) is 0 Å². The lowest BCUT2D eigenvalue weighted by Gasteiger charge is -2.13. The number of benzene rings is 1. The van der Waals surface area contributed by atoms with Crippen LogP contribution in [0.1, 0.15) is 18.9 Å². The summed E-state index contributed by atoms with van der Waals surface area (Å²) >= 11 is 0. The lowest BCUT2D eigenvalue weighted by Crippen LogP contribution is -2.36. The van der Waals surface area contributed by atoms with Crippen molar-refractivity contribution < 1.29 is 13.2 Å². The van der Waals surface area contributed by atoms with Crippen molar-refractivity contribution in [2.24, 2.45) is 5.73 Å². The maximum absolute atomic E-state index is 12.1. The van der Waals surface area contributed by atoms with E-state index in [9.17, 15) is 13.2 Å². The van der Waals surface area contributed by atoms with Gasteiger partial charge in [-0.05, 0) is 25.1 Å². The molecule has 7 nitrogen and oxygen atoms in total. The van der Waals surface area contributed by atoms with Crippen molar-refractivity contribution in [3.63, 3.8) is 0 Å². The highest BCUT2D eigenvalue weighted by atomic mass is 32.2. The van der Waals surface area contributed by atoms with Crippen molar-refractivity contribution in [3.05, 3.63) is 23.8 Å². The van der Waals surface area contributed by atoms with Crippen LogP contribution in [0.2, 0.25) is 0 Å². The van der Waals surface area contributed by atoms with Crippen LogP contribution in [0.5, 0.6) is 0 Å². The van der Waals surface area contributed by atoms with Gasteiger partial charge in [0.05, 0.1) is 10.5 Å². The molecule has 5 N–H and O–H groups in total. The Bertz CT molecular complexity index is 634. The summed E-state index contributed by atoms with van der Waals surface area (Å²) in [5.74, 6) is -0.618. The van der Waals surface area contributed by atoms with E-state index < -0.39 is 22.0 Å². The van der Waals surface area contributed by atoms with Crippen molar-refractivity contribution in [2.45, 2.75) is 24.3 Å². The summed E-state index contributed by atoms with van der Waals surface area (Å²) in [6.07, 6.45) is -0.129. The van der Waals surface area contributed by atoms with Crippen molar-refractivity contribution in [1.29, 1.82) is 5.26 Å². The lowest BCUT2D eigenvalue weighted by atomic mass is 10.2. The molecule has 102 valence electrons. The second-order valence-electron chi connectivity index (χ2n) is 4.06. The van der Waals surface area contributed by atoms with Crippen LogP contribution < -0.4 is 16.2 Å². The van der Waals surface area contributed by atoms with Crippen LogP contribution in [-0.4, -0.2) is 20.4 Å². The highest BCUT2D eigenvalue weighted by molar-refractivity contribution is 7.89. The molecule has 1 rings (SSSR count). The number of amides is 1. The minimum Gasteiger partial charge on any atom is -0.399 e. The van der Waals surface area contributed by atoms with E-state index in [0.717, 1.165) is 0 Å². The van der Waals surface area contributed by atoms with E-state index in [0.29, 0.717) is 5.69 Å². The van der Waals surface area contributed by atoms with Gasteiger partial charge in [0.25, 0.3) is 0 Å². The third-order valence-corrected chi connectivity index (χ3v) is 3.92. The zero-order chi connectivity index (χ0) is 14.6. The fourth-order valence-corrected chi connectivity index (χ4v) is 2.92. The van der Waals surface area contributed by atoms with E-state index in [1.54, 1.807) is 6.07 Å². The lowest BCUT2D eigenvalue weighted by molar-refractivity contribution is -0.118. The molecule has 0 aliphatic carbocycles. The SMILES string of the molecule is CC(CC(N)=O)NS(=O)(=O)c1ccc(N)cc1C#N. The van der Waals surface area contributed by atoms with E-state index in [1.165, 1.54) is 25.1 Å². The summed E-state index contributed by atoms with van der Waals surface area (Å²) in [5.41, 5.74) is 10.7. The number of nitriles is 1. The van der Waals surface area contributed by atoms with Crippen molar-refractivity contribution in [2.75, 3.05) is 5.73 Å². The first-order valence-corrected chi connectivity index (χ1v) is 6.85. The monoisotopic (exact) mass is 282 g/mol. The van der Waals surface area contributed by atoms with Crippen LogP contribution in [0.15, 0.2) is 23.1 Å². The highest BCUT2D eigenvalue weighted by Gasteiger charge is 2.21. The number of nitrogens with zero attached hydrogens (tertiary/aromatic N) is 1. The second kappa shape index (κ2) is 5.69. The van der Waals surface area contributed by atoms with Crippen molar-refractivity contribution >= 4 is 21.6 Å². The minimum absolute atomic E-state index is 0.0567. The van der Waals surface area contributed by atoms with Gasteiger partial charge >= 0.3 is 0 Å². The number of anilines is 1. The molecule has 0 radical (unpaired) electrons. The average Bonchev–Trinajstić information content (AvgIpc) is 2.26. The van der Waals surface area contributed by atoms with Crippen LogP contribution in [0, 0.1) is 11.3 Å². The Balaban J connectivity index is 3.08. The normalized spacial score (nSPS) is 12.6. The fraction of sp³-hybridized carbons (Fsp3) is 0.273. The zero-order valence-electron chi connectivity index (χ0n) is 10.3. The number of nitrogens with one attached hydrogen (secondary N) is 1. The van der Waals surface area contributed by atoms with Crippen molar-refractivity contribution in [1.82, 2.24) is 4.72 Å².